The van der Waals surface area contributed by atoms with Crippen LogP contribution in [0, 0.1) is 10.1 Å². The molecule has 0 saturated carbocycles. The minimum atomic E-state index is -0.375. The highest BCUT2D eigenvalue weighted by molar-refractivity contribution is 5.95. The van der Waals surface area contributed by atoms with Gasteiger partial charge in [-0.1, -0.05) is 48.5 Å². The molecule has 2 heterocycles. The van der Waals surface area contributed by atoms with Crippen molar-refractivity contribution in [1.82, 2.24) is 4.90 Å². The van der Waals surface area contributed by atoms with Gasteiger partial charge in [-0.3, -0.25) is 15.1 Å². The molecule has 124 valence electrons. The van der Waals surface area contributed by atoms with E-state index in [1.807, 2.05) is 48.6 Å². The van der Waals surface area contributed by atoms with E-state index in [2.05, 4.69) is 23.2 Å². The first kappa shape index (κ1) is 15.3. The van der Waals surface area contributed by atoms with Crippen molar-refractivity contribution in [2.45, 2.75) is 18.5 Å². The maximum atomic E-state index is 10.9. The van der Waals surface area contributed by atoms with Crippen LogP contribution in [0.5, 0.6) is 0 Å². The van der Waals surface area contributed by atoms with E-state index in [-0.39, 0.29) is 22.7 Å². The number of rotatable bonds is 3. The van der Waals surface area contributed by atoms with E-state index < -0.39 is 0 Å². The van der Waals surface area contributed by atoms with E-state index in [4.69, 9.17) is 4.99 Å². The lowest BCUT2D eigenvalue weighted by molar-refractivity contribution is -0.384. The summed E-state index contributed by atoms with van der Waals surface area (Å²) < 4.78 is 0. The molecular formula is C20H17N3O2. The summed E-state index contributed by atoms with van der Waals surface area (Å²) in [6.45, 7) is 0. The molecule has 2 aliphatic heterocycles. The molecule has 5 nitrogen and oxygen atoms in total. The van der Waals surface area contributed by atoms with Gasteiger partial charge in [-0.2, -0.15) is 0 Å². The molecular weight excluding hydrogens is 314 g/mol. The number of non-ortho nitro benzene ring substituents is 1. The SMILES string of the molecule is O=[N+]([O-])c1ccc(C2CC(c3ccccc3)N3C=CC=CC3=N2)cc1. The van der Waals surface area contributed by atoms with Crippen LogP contribution in [0.15, 0.2) is 84.0 Å². The van der Waals surface area contributed by atoms with Gasteiger partial charge in [0.05, 0.1) is 17.0 Å². The smallest absolute Gasteiger partial charge is 0.269 e. The summed E-state index contributed by atoms with van der Waals surface area (Å²) in [6.07, 6.45) is 8.89. The predicted molar refractivity (Wildman–Crippen MR) is 97.2 cm³/mol. The summed E-state index contributed by atoms with van der Waals surface area (Å²) in [5, 5.41) is 10.9. The van der Waals surface area contributed by atoms with Gasteiger partial charge in [0.25, 0.3) is 5.69 Å². The fourth-order valence-corrected chi connectivity index (χ4v) is 3.36. The molecule has 0 radical (unpaired) electrons. The number of aliphatic imine (C=N–C) groups is 1. The normalized spacial score (nSPS) is 21.6. The maximum Gasteiger partial charge on any atom is 0.269 e. The number of allylic oxidation sites excluding steroid dienone is 2. The van der Waals surface area contributed by atoms with Gasteiger partial charge in [0.1, 0.15) is 5.84 Å². The highest BCUT2D eigenvalue weighted by atomic mass is 16.6. The molecule has 2 aromatic carbocycles. The minimum absolute atomic E-state index is 0.0200. The lowest BCUT2D eigenvalue weighted by Gasteiger charge is -2.38. The second-order valence-corrected chi connectivity index (χ2v) is 6.12. The fraction of sp³-hybridized carbons (Fsp3) is 0.150. The summed E-state index contributed by atoms with van der Waals surface area (Å²) >= 11 is 0. The molecule has 0 amide bonds. The Morgan fingerprint density at radius 1 is 1.00 bits per heavy atom. The van der Waals surface area contributed by atoms with Crippen LogP contribution in [0.25, 0.3) is 0 Å². The van der Waals surface area contributed by atoms with Crippen LogP contribution in [0.1, 0.15) is 29.6 Å². The molecule has 0 N–H and O–H groups in total. The average Bonchev–Trinajstić information content (AvgIpc) is 2.68. The lowest BCUT2D eigenvalue weighted by Crippen LogP contribution is -2.35. The molecule has 5 heteroatoms. The first-order valence-corrected chi connectivity index (χ1v) is 8.23. The molecule has 2 aromatic rings. The van der Waals surface area contributed by atoms with Crippen molar-refractivity contribution < 1.29 is 4.92 Å². The standard InChI is InChI=1S/C20H17N3O2/c24-23(25)17-11-9-15(10-12-17)18-14-19(16-6-2-1-3-7-16)22-13-5-4-8-20(22)21-18/h1-13,18-19H,14H2. The molecule has 0 spiro atoms. The van der Waals surface area contributed by atoms with E-state index in [9.17, 15) is 10.1 Å². The number of amidine groups is 1. The monoisotopic (exact) mass is 331 g/mol. The number of hydrogen-bond acceptors (Lipinski definition) is 4. The van der Waals surface area contributed by atoms with Gasteiger partial charge in [-0.25, -0.2) is 0 Å². The van der Waals surface area contributed by atoms with Crippen LogP contribution in [0.4, 0.5) is 5.69 Å². The summed E-state index contributed by atoms with van der Waals surface area (Å²) in [4.78, 5) is 17.5. The van der Waals surface area contributed by atoms with Gasteiger partial charge >= 0.3 is 0 Å². The van der Waals surface area contributed by atoms with E-state index in [0.29, 0.717) is 0 Å². The number of nitrogens with zero attached hydrogens (tertiary/aromatic N) is 3. The van der Waals surface area contributed by atoms with Gasteiger partial charge < -0.3 is 4.90 Å². The van der Waals surface area contributed by atoms with Gasteiger partial charge in [0.2, 0.25) is 0 Å². The second kappa shape index (κ2) is 6.36. The number of nitro groups is 1. The average molecular weight is 331 g/mol. The fourth-order valence-electron chi connectivity index (χ4n) is 3.36. The van der Waals surface area contributed by atoms with Crippen LogP contribution >= 0.6 is 0 Å². The van der Waals surface area contributed by atoms with Crippen molar-refractivity contribution in [2.75, 3.05) is 0 Å². The number of fused-ring (bicyclic) bond motifs is 1. The first-order chi connectivity index (χ1) is 12.2. The second-order valence-electron chi connectivity index (χ2n) is 6.12. The van der Waals surface area contributed by atoms with E-state index in [1.54, 1.807) is 12.1 Å². The van der Waals surface area contributed by atoms with Crippen molar-refractivity contribution in [3.05, 3.63) is 100 Å². The summed E-state index contributed by atoms with van der Waals surface area (Å²) in [6, 6.07) is 17.3. The van der Waals surface area contributed by atoms with Crippen LogP contribution < -0.4 is 0 Å². The predicted octanol–water partition coefficient (Wildman–Crippen LogP) is 4.56. The number of benzene rings is 2. The molecule has 0 bridgehead atoms. The van der Waals surface area contributed by atoms with Crippen molar-refractivity contribution in [1.29, 1.82) is 0 Å². The van der Waals surface area contributed by atoms with Crippen LogP contribution in [0.2, 0.25) is 0 Å². The molecule has 0 aromatic heterocycles. The zero-order chi connectivity index (χ0) is 17.2. The summed E-state index contributed by atoms with van der Waals surface area (Å²) in [5.74, 6) is 0.922. The van der Waals surface area contributed by atoms with E-state index >= 15 is 0 Å². The molecule has 0 saturated heterocycles. The van der Waals surface area contributed by atoms with Gasteiger partial charge in [-0.05, 0) is 29.7 Å². The Kier molecular flexibility index (Phi) is 3.90. The Balaban J connectivity index is 1.70. The third kappa shape index (κ3) is 2.96. The molecule has 0 fully saturated rings. The molecule has 25 heavy (non-hydrogen) atoms. The van der Waals surface area contributed by atoms with Gasteiger partial charge in [0.15, 0.2) is 0 Å². The topological polar surface area (TPSA) is 58.7 Å². The Bertz CT molecular complexity index is 870. The van der Waals surface area contributed by atoms with Crippen molar-refractivity contribution >= 4 is 11.5 Å². The molecule has 0 aliphatic carbocycles. The Labute approximate surface area is 145 Å². The molecule has 4 rings (SSSR count). The lowest BCUT2D eigenvalue weighted by atomic mass is 9.91. The zero-order valence-corrected chi connectivity index (χ0v) is 13.5. The number of nitro benzene ring substituents is 1. The largest absolute Gasteiger partial charge is 0.326 e. The highest BCUT2D eigenvalue weighted by Crippen LogP contribution is 2.39. The summed E-state index contributed by atoms with van der Waals surface area (Å²) in [5.41, 5.74) is 2.34. The molecule has 2 atom stereocenters. The van der Waals surface area contributed by atoms with Crippen LogP contribution in [0.3, 0.4) is 0 Å². The number of hydrogen-bond donors (Lipinski definition) is 0. The quantitative estimate of drug-likeness (QED) is 0.611. The highest BCUT2D eigenvalue weighted by Gasteiger charge is 2.31. The summed E-state index contributed by atoms with van der Waals surface area (Å²) in [7, 11) is 0. The van der Waals surface area contributed by atoms with Crippen molar-refractivity contribution in [3.63, 3.8) is 0 Å². The maximum absolute atomic E-state index is 10.9. The minimum Gasteiger partial charge on any atom is -0.326 e. The van der Waals surface area contributed by atoms with Crippen molar-refractivity contribution in [2.24, 2.45) is 4.99 Å². The molecule has 2 unspecified atom stereocenters. The van der Waals surface area contributed by atoms with E-state index in [1.165, 1.54) is 5.56 Å². The Hall–Kier alpha value is -3.21. The van der Waals surface area contributed by atoms with Crippen LogP contribution in [-0.2, 0) is 0 Å². The van der Waals surface area contributed by atoms with Gasteiger partial charge in [0, 0.05) is 18.3 Å². The Morgan fingerprint density at radius 2 is 1.76 bits per heavy atom. The third-order valence-corrected chi connectivity index (χ3v) is 4.61. The first-order valence-electron chi connectivity index (χ1n) is 8.23. The van der Waals surface area contributed by atoms with Crippen LogP contribution in [-0.4, -0.2) is 15.7 Å². The Morgan fingerprint density at radius 3 is 2.48 bits per heavy atom. The molecule has 2 aliphatic rings. The zero-order valence-electron chi connectivity index (χ0n) is 13.5. The van der Waals surface area contributed by atoms with Crippen molar-refractivity contribution in [3.8, 4) is 0 Å². The third-order valence-electron chi connectivity index (χ3n) is 4.61. The van der Waals surface area contributed by atoms with Gasteiger partial charge in [-0.15, -0.1) is 0 Å². The van der Waals surface area contributed by atoms with E-state index in [0.717, 1.165) is 17.8 Å².